The van der Waals surface area contributed by atoms with Crippen LogP contribution in [0.5, 0.6) is 0 Å². The van der Waals surface area contributed by atoms with Gasteiger partial charge < -0.3 is 33.8 Å². The summed E-state index contributed by atoms with van der Waals surface area (Å²) >= 11 is 0. The van der Waals surface area contributed by atoms with Crippen molar-refractivity contribution < 1.29 is 80.2 Å². The molecular formula is C81H140O17P2. The molecule has 0 heterocycles. The third kappa shape index (κ3) is 72.1. The van der Waals surface area contributed by atoms with Gasteiger partial charge in [-0.1, -0.05) is 259 Å². The number of aliphatic hydroxyl groups excluding tert-OH is 1. The van der Waals surface area contributed by atoms with Gasteiger partial charge in [0.25, 0.3) is 0 Å². The van der Waals surface area contributed by atoms with Crippen LogP contribution >= 0.6 is 15.6 Å². The maximum Gasteiger partial charge on any atom is 0.472 e. The van der Waals surface area contributed by atoms with Crippen molar-refractivity contribution in [2.45, 2.75) is 341 Å². The van der Waals surface area contributed by atoms with Crippen LogP contribution in [0.1, 0.15) is 323 Å². The molecule has 0 radical (unpaired) electrons. The first-order valence-electron chi connectivity index (χ1n) is 39.1. The van der Waals surface area contributed by atoms with Gasteiger partial charge in [0.05, 0.1) is 26.4 Å². The minimum atomic E-state index is -4.99. The molecule has 5 atom stereocenters. The van der Waals surface area contributed by atoms with Crippen molar-refractivity contribution in [3.63, 3.8) is 0 Å². The molecule has 0 aromatic heterocycles. The van der Waals surface area contributed by atoms with E-state index in [9.17, 15) is 43.2 Å². The van der Waals surface area contributed by atoms with E-state index in [4.69, 9.17) is 37.0 Å². The normalized spacial score (nSPS) is 14.5. The van der Waals surface area contributed by atoms with Crippen LogP contribution in [0.3, 0.4) is 0 Å². The summed E-state index contributed by atoms with van der Waals surface area (Å²) in [5, 5.41) is 10.6. The molecule has 19 heteroatoms. The highest BCUT2D eigenvalue weighted by molar-refractivity contribution is 7.47. The number of hydrogen-bond donors (Lipinski definition) is 3. The fourth-order valence-corrected chi connectivity index (χ4v) is 11.7. The van der Waals surface area contributed by atoms with Crippen LogP contribution in [-0.4, -0.2) is 96.7 Å². The monoisotopic (exact) mass is 1450 g/mol. The molecule has 0 amide bonds. The van der Waals surface area contributed by atoms with Crippen molar-refractivity contribution in [2.24, 2.45) is 0 Å². The van der Waals surface area contributed by atoms with E-state index in [1.165, 1.54) is 89.9 Å². The van der Waals surface area contributed by atoms with Gasteiger partial charge in [0, 0.05) is 25.7 Å². The van der Waals surface area contributed by atoms with Crippen LogP contribution in [0.25, 0.3) is 0 Å². The molecule has 0 saturated carbocycles. The fraction of sp³-hybridized carbons (Fsp3) is 0.728. The molecule has 0 bridgehead atoms. The Bertz CT molecular complexity index is 2320. The van der Waals surface area contributed by atoms with Crippen molar-refractivity contribution in [3.05, 3.63) is 109 Å². The molecule has 0 aromatic carbocycles. The van der Waals surface area contributed by atoms with Gasteiger partial charge in [-0.25, -0.2) is 9.13 Å². The van der Waals surface area contributed by atoms with E-state index in [2.05, 4.69) is 125 Å². The Kier molecular flexibility index (Phi) is 69.9. The Morgan fingerprint density at radius 1 is 0.290 bits per heavy atom. The van der Waals surface area contributed by atoms with Gasteiger partial charge >= 0.3 is 39.5 Å². The molecule has 0 aliphatic carbocycles. The zero-order valence-corrected chi connectivity index (χ0v) is 64.6. The number of carbonyl (C=O) groups excluding carboxylic acids is 4. The lowest BCUT2D eigenvalue weighted by Gasteiger charge is -2.21. The molecule has 0 aromatic rings. The highest BCUT2D eigenvalue weighted by atomic mass is 31.2. The van der Waals surface area contributed by atoms with Crippen molar-refractivity contribution >= 4 is 39.5 Å². The Balaban J connectivity index is 5.43. The smallest absolute Gasteiger partial charge is 0.462 e. The van der Waals surface area contributed by atoms with Gasteiger partial charge in [0.15, 0.2) is 12.2 Å². The number of esters is 4. The standard InChI is InChI=1S/C81H140O17P2/c1-5-9-13-17-21-25-29-33-36-37-40-44-48-52-56-60-64-68-81(86)98-76(71-91-78(83)65-61-57-53-49-45-41-32-28-24-20-16-12-8-4)73-95-99(87,88)93-69-75(82)70-94-100(89,90)96-74-77(97-80(85)67-63-59-55-51-47-43-39-35-31-27-23-19-15-11-7-3)72-92-79(84)66-62-58-54-50-46-42-38-34-30-26-22-18-14-10-6-2/h21-22,25-28,31-36,38-40,44,52,56,75-77,82H,5-20,23-24,29-30,37,41-43,45-51,53-55,57-74H2,1-4H3,(H,87,88)(H,89,90)/b25-21-,26-22-,31-27-,32-28-,36-33-,38-34-,39-35-,44-40-,56-52-/t75-,76+,77+/m0/s1. The topological polar surface area (TPSA) is 237 Å². The number of hydrogen-bond acceptors (Lipinski definition) is 15. The molecular weight excluding hydrogens is 1310 g/mol. The zero-order valence-electron chi connectivity index (χ0n) is 62.8. The largest absolute Gasteiger partial charge is 0.472 e. The van der Waals surface area contributed by atoms with E-state index in [0.717, 1.165) is 148 Å². The summed E-state index contributed by atoms with van der Waals surface area (Å²) in [7, 11) is -9.98. The number of unbranched alkanes of at least 4 members (excludes halogenated alkanes) is 30. The Morgan fingerprint density at radius 2 is 0.530 bits per heavy atom. The number of aliphatic hydroxyl groups is 1. The fourth-order valence-electron chi connectivity index (χ4n) is 10.2. The summed E-state index contributed by atoms with van der Waals surface area (Å²) < 4.78 is 68.4. The van der Waals surface area contributed by atoms with Gasteiger partial charge in [0.2, 0.25) is 0 Å². The predicted molar refractivity (Wildman–Crippen MR) is 408 cm³/mol. The zero-order chi connectivity index (χ0) is 73.2. The summed E-state index contributed by atoms with van der Waals surface area (Å²) in [6.07, 6.45) is 77.9. The second-order valence-corrected chi connectivity index (χ2v) is 28.9. The Hall–Kier alpha value is -4.28. The lowest BCUT2D eigenvalue weighted by atomic mass is 10.1. The maximum atomic E-state index is 13.1. The van der Waals surface area contributed by atoms with Crippen LogP contribution in [0, 0.1) is 0 Å². The van der Waals surface area contributed by atoms with E-state index in [0.29, 0.717) is 32.1 Å². The average molecular weight is 1450 g/mol. The van der Waals surface area contributed by atoms with Gasteiger partial charge in [-0.2, -0.15) is 0 Å². The molecule has 0 fully saturated rings. The quantitative estimate of drug-likeness (QED) is 0.0128. The van der Waals surface area contributed by atoms with E-state index in [-0.39, 0.29) is 25.7 Å². The Morgan fingerprint density at radius 3 is 0.880 bits per heavy atom. The van der Waals surface area contributed by atoms with Crippen molar-refractivity contribution in [3.8, 4) is 0 Å². The lowest BCUT2D eigenvalue weighted by Crippen LogP contribution is -2.30. The first kappa shape index (κ1) is 95.7. The first-order chi connectivity index (χ1) is 48.7. The van der Waals surface area contributed by atoms with E-state index in [1.807, 2.05) is 12.2 Å². The van der Waals surface area contributed by atoms with E-state index < -0.39 is 97.5 Å². The highest BCUT2D eigenvalue weighted by Crippen LogP contribution is 2.45. The van der Waals surface area contributed by atoms with Gasteiger partial charge in [-0.15, -0.1) is 0 Å². The predicted octanol–water partition coefficient (Wildman–Crippen LogP) is 22.6. The summed E-state index contributed by atoms with van der Waals surface area (Å²) in [5.41, 5.74) is 0. The molecule has 100 heavy (non-hydrogen) atoms. The molecule has 0 spiro atoms. The van der Waals surface area contributed by atoms with Crippen LogP contribution in [0.4, 0.5) is 0 Å². The van der Waals surface area contributed by atoms with Crippen LogP contribution in [0.15, 0.2) is 109 Å². The maximum absolute atomic E-state index is 13.1. The van der Waals surface area contributed by atoms with E-state index in [1.54, 1.807) is 0 Å². The molecule has 0 saturated heterocycles. The average Bonchev–Trinajstić information content (AvgIpc) is 1.13. The van der Waals surface area contributed by atoms with Crippen molar-refractivity contribution in [1.29, 1.82) is 0 Å². The van der Waals surface area contributed by atoms with Gasteiger partial charge in [-0.05, 0) is 148 Å². The molecule has 17 nitrogen and oxygen atoms in total. The summed E-state index contributed by atoms with van der Waals surface area (Å²) in [5.74, 6) is -2.28. The second-order valence-electron chi connectivity index (χ2n) is 26.0. The summed E-state index contributed by atoms with van der Waals surface area (Å²) in [6.45, 7) is 4.69. The van der Waals surface area contributed by atoms with Crippen LogP contribution in [0.2, 0.25) is 0 Å². The van der Waals surface area contributed by atoms with Crippen molar-refractivity contribution in [2.75, 3.05) is 39.6 Å². The lowest BCUT2D eigenvalue weighted by molar-refractivity contribution is -0.161. The third-order valence-corrected chi connectivity index (χ3v) is 18.1. The first-order valence-corrected chi connectivity index (χ1v) is 42.1. The van der Waals surface area contributed by atoms with Crippen LogP contribution in [-0.2, 0) is 65.4 Å². The molecule has 576 valence electrons. The number of allylic oxidation sites excluding steroid dienone is 18. The minimum absolute atomic E-state index is 0.0164. The SMILES string of the molecule is CCCCC/C=C\C/C=C\C/C=C\C/C=C\CCCC(=O)O[C@H](COC(=O)CCCCCCC/C=C\CCCCCC)COP(=O)(O)OC[C@H](O)COP(=O)(O)OC[C@@H](COC(=O)CCCCCCC/C=C\C/C=C\CCCCC)OC(=O)CCCCCCC/C=C\C=C/CCCCCC. The molecule has 0 aliphatic rings. The van der Waals surface area contributed by atoms with Crippen LogP contribution < -0.4 is 0 Å². The van der Waals surface area contributed by atoms with E-state index >= 15 is 0 Å². The number of phosphoric ester groups is 2. The van der Waals surface area contributed by atoms with Gasteiger partial charge in [-0.3, -0.25) is 37.3 Å². The Labute approximate surface area is 607 Å². The molecule has 3 N–H and O–H groups in total. The number of rotatable bonds is 73. The van der Waals surface area contributed by atoms with Gasteiger partial charge in [0.1, 0.15) is 19.3 Å². The minimum Gasteiger partial charge on any atom is -0.462 e. The number of phosphoric acid groups is 2. The van der Waals surface area contributed by atoms with Crippen molar-refractivity contribution in [1.82, 2.24) is 0 Å². The second kappa shape index (κ2) is 73.0. The molecule has 2 unspecified atom stereocenters. The summed E-state index contributed by atoms with van der Waals surface area (Å²) in [6, 6.07) is 0. The number of carbonyl (C=O) groups is 4. The molecule has 0 aliphatic heterocycles. The molecule has 0 rings (SSSR count). The highest BCUT2D eigenvalue weighted by Gasteiger charge is 2.30. The summed E-state index contributed by atoms with van der Waals surface area (Å²) in [4.78, 5) is 72.9. The third-order valence-electron chi connectivity index (χ3n) is 16.2. The number of ether oxygens (including phenoxy) is 4.